The molecule has 110 valence electrons. The van der Waals surface area contributed by atoms with Crippen LogP contribution in [0.25, 0.3) is 0 Å². The maximum Gasteiger partial charge on any atom is 0.326 e. The molecule has 0 bridgehead atoms. The zero-order chi connectivity index (χ0) is 15.1. The normalized spacial score (nSPS) is 11.7. The Kier molecular flexibility index (Phi) is 5.44. The van der Waals surface area contributed by atoms with Gasteiger partial charge in [0.05, 0.1) is 13.0 Å². The number of carbonyl (C=O) groups excluding carboxylic acids is 1. The summed E-state index contributed by atoms with van der Waals surface area (Å²) < 4.78 is 1.70. The van der Waals surface area contributed by atoms with Crippen LogP contribution in [0.3, 0.4) is 0 Å². The summed E-state index contributed by atoms with van der Waals surface area (Å²) in [5.74, 6) is -2.23. The van der Waals surface area contributed by atoms with E-state index in [9.17, 15) is 14.4 Å². The fraction of sp³-hybridized carbons (Fsp3) is 0.500. The average molecular weight is 285 g/mol. The molecule has 20 heavy (non-hydrogen) atoms. The highest BCUT2D eigenvalue weighted by Gasteiger charge is 2.22. The first-order chi connectivity index (χ1) is 9.43. The molecule has 1 atom stereocenters. The minimum Gasteiger partial charge on any atom is -0.481 e. The Bertz CT molecular complexity index is 500. The topological polar surface area (TPSA) is 146 Å². The number of rotatable bonds is 7. The van der Waals surface area contributed by atoms with Crippen molar-refractivity contribution >= 4 is 18.0 Å². The van der Waals surface area contributed by atoms with Crippen molar-refractivity contribution in [3.05, 3.63) is 12.2 Å². The van der Waals surface area contributed by atoms with Crippen LogP contribution in [0.2, 0.25) is 0 Å². The molecule has 0 radical (unpaired) electrons. The largest absolute Gasteiger partial charge is 0.481 e. The van der Waals surface area contributed by atoms with Crippen LogP contribution >= 0.6 is 0 Å². The van der Waals surface area contributed by atoms with Crippen LogP contribution in [-0.4, -0.2) is 49.0 Å². The molecule has 4 N–H and O–H groups in total. The fourth-order valence-electron chi connectivity index (χ4n) is 1.42. The number of carbonyl (C=O) groups is 3. The van der Waals surface area contributed by atoms with Gasteiger partial charge >= 0.3 is 18.0 Å². The Hall–Kier alpha value is -2.65. The molecule has 0 saturated heterocycles. The van der Waals surface area contributed by atoms with E-state index in [1.165, 1.54) is 6.33 Å². The highest BCUT2D eigenvalue weighted by molar-refractivity contribution is 5.86. The average Bonchev–Trinajstić information content (AvgIpc) is 2.82. The molecule has 1 aromatic heterocycles. The third kappa shape index (κ3) is 4.55. The van der Waals surface area contributed by atoms with Gasteiger partial charge in [-0.2, -0.15) is 0 Å². The van der Waals surface area contributed by atoms with Gasteiger partial charge in [-0.3, -0.25) is 4.79 Å². The minimum atomic E-state index is -1.49. The molecule has 0 aromatic carbocycles. The molecule has 0 aliphatic heterocycles. The summed E-state index contributed by atoms with van der Waals surface area (Å²) in [7, 11) is 0. The van der Waals surface area contributed by atoms with Gasteiger partial charge < -0.3 is 25.4 Å². The highest BCUT2D eigenvalue weighted by Crippen LogP contribution is 1.95. The summed E-state index contributed by atoms with van der Waals surface area (Å²) in [5, 5.41) is 29.2. The summed E-state index contributed by atoms with van der Waals surface area (Å²) in [4.78, 5) is 32.7. The highest BCUT2D eigenvalue weighted by atomic mass is 16.4. The smallest absolute Gasteiger partial charge is 0.326 e. The number of aromatic nitrogens is 3. The second-order valence-corrected chi connectivity index (χ2v) is 3.85. The number of carboxylic acid groups (broad SMARTS) is 2. The molecule has 1 rings (SSSR count). The van der Waals surface area contributed by atoms with Gasteiger partial charge in [0.15, 0.2) is 5.82 Å². The van der Waals surface area contributed by atoms with Crippen molar-refractivity contribution in [3.63, 3.8) is 0 Å². The van der Waals surface area contributed by atoms with Crippen LogP contribution in [0, 0.1) is 0 Å². The van der Waals surface area contributed by atoms with Gasteiger partial charge in [-0.15, -0.1) is 10.2 Å². The van der Waals surface area contributed by atoms with Crippen molar-refractivity contribution in [1.82, 2.24) is 25.4 Å². The Balaban J connectivity index is 2.50. The van der Waals surface area contributed by atoms with Gasteiger partial charge in [-0.25, -0.2) is 9.59 Å². The summed E-state index contributed by atoms with van der Waals surface area (Å²) in [6.07, 6.45) is 0.799. The minimum absolute atomic E-state index is 0.0546. The predicted molar refractivity (Wildman–Crippen MR) is 64.7 cm³/mol. The molecule has 0 aliphatic carbocycles. The number of aliphatic carboxylic acids is 2. The van der Waals surface area contributed by atoms with Crippen LogP contribution in [0.5, 0.6) is 0 Å². The fourth-order valence-corrected chi connectivity index (χ4v) is 1.42. The van der Waals surface area contributed by atoms with Gasteiger partial charge in [-0.05, 0) is 6.92 Å². The van der Waals surface area contributed by atoms with E-state index in [4.69, 9.17) is 10.2 Å². The van der Waals surface area contributed by atoms with Gasteiger partial charge in [0.1, 0.15) is 12.4 Å². The van der Waals surface area contributed by atoms with Crippen LogP contribution < -0.4 is 10.6 Å². The summed E-state index contributed by atoms with van der Waals surface area (Å²) in [5.41, 5.74) is 0. The number of nitrogens with zero attached hydrogens (tertiary/aromatic N) is 3. The number of urea groups is 1. The summed E-state index contributed by atoms with van der Waals surface area (Å²) in [6.45, 7) is 2.56. The van der Waals surface area contributed by atoms with Crippen molar-refractivity contribution in [2.24, 2.45) is 0 Å². The van der Waals surface area contributed by atoms with Gasteiger partial charge in [0.2, 0.25) is 0 Å². The second kappa shape index (κ2) is 7.07. The first kappa shape index (κ1) is 15.4. The van der Waals surface area contributed by atoms with E-state index in [-0.39, 0.29) is 6.54 Å². The quantitative estimate of drug-likeness (QED) is 0.503. The van der Waals surface area contributed by atoms with Crippen LogP contribution in [0.1, 0.15) is 19.2 Å². The van der Waals surface area contributed by atoms with E-state index < -0.39 is 30.4 Å². The third-order valence-corrected chi connectivity index (χ3v) is 2.43. The Morgan fingerprint density at radius 1 is 1.40 bits per heavy atom. The van der Waals surface area contributed by atoms with Crippen molar-refractivity contribution in [1.29, 1.82) is 0 Å². The van der Waals surface area contributed by atoms with Gasteiger partial charge in [0.25, 0.3) is 0 Å². The van der Waals surface area contributed by atoms with Crippen LogP contribution in [0.4, 0.5) is 4.79 Å². The monoisotopic (exact) mass is 285 g/mol. The lowest BCUT2D eigenvalue weighted by atomic mass is 10.2. The van der Waals surface area contributed by atoms with E-state index in [1.807, 2.05) is 6.92 Å². The Morgan fingerprint density at radius 3 is 2.65 bits per heavy atom. The summed E-state index contributed by atoms with van der Waals surface area (Å²) >= 11 is 0. The molecule has 1 heterocycles. The maximum atomic E-state index is 11.5. The summed E-state index contributed by atoms with van der Waals surface area (Å²) in [6, 6.07) is -2.28. The molecule has 0 aliphatic rings. The molecule has 10 nitrogen and oxygen atoms in total. The van der Waals surface area contributed by atoms with Crippen molar-refractivity contribution in [3.8, 4) is 0 Å². The van der Waals surface area contributed by atoms with Crippen molar-refractivity contribution in [2.45, 2.75) is 32.5 Å². The number of nitrogens with one attached hydrogen (secondary N) is 2. The van der Waals surface area contributed by atoms with Gasteiger partial charge in [0, 0.05) is 6.54 Å². The zero-order valence-corrected chi connectivity index (χ0v) is 10.7. The molecule has 0 unspecified atom stereocenters. The van der Waals surface area contributed by atoms with Gasteiger partial charge in [-0.1, -0.05) is 0 Å². The van der Waals surface area contributed by atoms with Crippen LogP contribution in [0.15, 0.2) is 6.33 Å². The number of hydrogen-bond acceptors (Lipinski definition) is 5. The molecule has 10 heteroatoms. The maximum absolute atomic E-state index is 11.5. The SMILES string of the molecule is CCn1cnnc1CNC(=O)N[C@H](CC(=O)O)C(=O)O. The number of aryl methyl sites for hydroxylation is 1. The molecule has 1 aromatic rings. The molecule has 0 saturated carbocycles. The lowest BCUT2D eigenvalue weighted by Gasteiger charge is -2.13. The predicted octanol–water partition coefficient (Wildman–Crippen LogP) is -0.975. The number of hydrogen-bond donors (Lipinski definition) is 4. The van der Waals surface area contributed by atoms with Crippen LogP contribution in [-0.2, 0) is 22.7 Å². The first-order valence-corrected chi connectivity index (χ1v) is 5.79. The lowest BCUT2D eigenvalue weighted by molar-refractivity contribution is -0.145. The van der Waals surface area contributed by atoms with E-state index in [0.29, 0.717) is 12.4 Å². The van der Waals surface area contributed by atoms with E-state index >= 15 is 0 Å². The molecular weight excluding hydrogens is 270 g/mol. The zero-order valence-electron chi connectivity index (χ0n) is 10.7. The van der Waals surface area contributed by atoms with Crippen molar-refractivity contribution in [2.75, 3.05) is 0 Å². The third-order valence-electron chi connectivity index (χ3n) is 2.43. The number of amides is 2. The first-order valence-electron chi connectivity index (χ1n) is 5.79. The molecule has 2 amide bonds. The standard InChI is InChI=1S/C10H15N5O5/c1-2-15-5-12-14-7(15)4-11-10(20)13-6(9(18)19)3-8(16)17/h5-6H,2-4H2,1H3,(H,16,17)(H,18,19)(H2,11,13,20)/t6-/m1/s1. The van der Waals surface area contributed by atoms with E-state index in [2.05, 4.69) is 20.8 Å². The molecule has 0 fully saturated rings. The lowest BCUT2D eigenvalue weighted by Crippen LogP contribution is -2.46. The van der Waals surface area contributed by atoms with E-state index in [0.717, 1.165) is 0 Å². The Morgan fingerprint density at radius 2 is 2.10 bits per heavy atom. The van der Waals surface area contributed by atoms with E-state index in [1.54, 1.807) is 4.57 Å². The number of carboxylic acids is 2. The second-order valence-electron chi connectivity index (χ2n) is 3.85. The Labute approximate surface area is 113 Å². The molecule has 0 spiro atoms. The molecular formula is C10H15N5O5. The van der Waals surface area contributed by atoms with Crippen molar-refractivity contribution < 1.29 is 24.6 Å².